The van der Waals surface area contributed by atoms with E-state index >= 15 is 0 Å². The number of aromatic nitrogens is 1. The van der Waals surface area contributed by atoms with Gasteiger partial charge in [0.1, 0.15) is 18.3 Å². The van der Waals surface area contributed by atoms with Crippen LogP contribution in [-0.4, -0.2) is 52.9 Å². The summed E-state index contributed by atoms with van der Waals surface area (Å²) in [7, 11) is 0. The summed E-state index contributed by atoms with van der Waals surface area (Å²) in [6.07, 6.45) is -0.893. The first-order valence-corrected chi connectivity index (χ1v) is 11.9. The van der Waals surface area contributed by atoms with Gasteiger partial charge >= 0.3 is 0 Å². The Bertz CT molecular complexity index is 1000. The summed E-state index contributed by atoms with van der Waals surface area (Å²) in [6.45, 7) is 9.08. The van der Waals surface area contributed by atoms with Gasteiger partial charge in [0.2, 0.25) is 18.2 Å². The molecular formula is C24H31FN4O3S. The zero-order chi connectivity index (χ0) is 24.3. The number of amides is 3. The number of carbonyl (C=O) groups excluding carboxylic acids is 3. The van der Waals surface area contributed by atoms with Crippen molar-refractivity contribution < 1.29 is 18.8 Å². The number of nitrogens with one attached hydrogen (secondary N) is 2. The molecule has 1 aliphatic rings. The van der Waals surface area contributed by atoms with Crippen LogP contribution in [-0.2, 0) is 14.4 Å². The summed E-state index contributed by atoms with van der Waals surface area (Å²) in [5.74, 6) is -0.857. The van der Waals surface area contributed by atoms with Crippen molar-refractivity contribution in [2.45, 2.75) is 65.3 Å². The third-order valence-corrected chi connectivity index (χ3v) is 6.94. The predicted octanol–water partition coefficient (Wildman–Crippen LogP) is 3.40. The zero-order valence-electron chi connectivity index (χ0n) is 19.6. The van der Waals surface area contributed by atoms with Crippen LogP contribution in [0.3, 0.4) is 0 Å². The molecule has 7 nitrogen and oxygen atoms in total. The molecule has 178 valence electrons. The molecule has 1 aliphatic heterocycles. The van der Waals surface area contributed by atoms with Crippen molar-refractivity contribution in [2.24, 2.45) is 5.41 Å². The standard InChI is InChI=1S/C24H31FN4O3S/c1-14(16-6-8-17(9-7-16)20-15(2)27-13-33-20)28-22(31)19-10-18(25)11-29(19)23(32)21(26-12-30)24(3,4)5/h6-9,12-14,18-19,21H,10-11H2,1-5H3,(H,26,30)(H,28,31)/t14-,18+,19-,21+/m0/s1. The van der Waals surface area contributed by atoms with Gasteiger partial charge in [-0.2, -0.15) is 0 Å². The van der Waals surface area contributed by atoms with Crippen molar-refractivity contribution >= 4 is 29.6 Å². The van der Waals surface area contributed by atoms with E-state index in [0.29, 0.717) is 6.41 Å². The summed E-state index contributed by atoms with van der Waals surface area (Å²) >= 11 is 1.57. The van der Waals surface area contributed by atoms with E-state index in [2.05, 4.69) is 15.6 Å². The number of hydrogen-bond donors (Lipinski definition) is 2. The number of halogens is 1. The first-order chi connectivity index (χ1) is 15.5. The fourth-order valence-electron chi connectivity index (χ4n) is 4.10. The van der Waals surface area contributed by atoms with Crippen molar-refractivity contribution in [3.05, 3.63) is 41.0 Å². The Hall–Kier alpha value is -2.81. The quantitative estimate of drug-likeness (QED) is 0.602. The highest BCUT2D eigenvalue weighted by molar-refractivity contribution is 7.13. The maximum Gasteiger partial charge on any atom is 0.246 e. The topological polar surface area (TPSA) is 91.4 Å². The number of aryl methyl sites for hydroxylation is 1. The van der Waals surface area contributed by atoms with Gasteiger partial charge in [0.05, 0.1) is 28.7 Å². The second-order valence-electron chi connectivity index (χ2n) is 9.54. The van der Waals surface area contributed by atoms with Gasteiger partial charge in [-0.3, -0.25) is 14.4 Å². The van der Waals surface area contributed by atoms with Crippen LogP contribution in [0.2, 0.25) is 0 Å². The lowest BCUT2D eigenvalue weighted by molar-refractivity contribution is -0.143. The number of alkyl halides is 1. The minimum Gasteiger partial charge on any atom is -0.348 e. The molecule has 4 atom stereocenters. The molecule has 3 rings (SSSR count). The number of rotatable bonds is 7. The third kappa shape index (κ3) is 5.58. The highest BCUT2D eigenvalue weighted by Gasteiger charge is 2.44. The average molecular weight is 475 g/mol. The Morgan fingerprint density at radius 2 is 1.94 bits per heavy atom. The van der Waals surface area contributed by atoms with Gasteiger partial charge in [0, 0.05) is 6.42 Å². The molecule has 2 aromatic rings. The van der Waals surface area contributed by atoms with E-state index in [0.717, 1.165) is 21.7 Å². The van der Waals surface area contributed by atoms with Crippen molar-refractivity contribution in [2.75, 3.05) is 6.54 Å². The molecule has 33 heavy (non-hydrogen) atoms. The molecule has 0 bridgehead atoms. The monoisotopic (exact) mass is 474 g/mol. The molecule has 0 saturated carbocycles. The van der Waals surface area contributed by atoms with E-state index in [1.54, 1.807) is 11.3 Å². The molecule has 3 amide bonds. The summed E-state index contributed by atoms with van der Waals surface area (Å²) in [4.78, 5) is 43.9. The van der Waals surface area contributed by atoms with Crippen LogP contribution in [0.1, 0.15) is 51.4 Å². The highest BCUT2D eigenvalue weighted by Crippen LogP contribution is 2.29. The van der Waals surface area contributed by atoms with Crippen molar-refractivity contribution in [3.63, 3.8) is 0 Å². The number of thiazole rings is 1. The normalized spacial score (nSPS) is 20.2. The fourth-order valence-corrected chi connectivity index (χ4v) is 4.91. The van der Waals surface area contributed by atoms with Crippen LogP contribution >= 0.6 is 11.3 Å². The smallest absolute Gasteiger partial charge is 0.246 e. The summed E-state index contributed by atoms with van der Waals surface area (Å²) in [5.41, 5.74) is 4.15. The van der Waals surface area contributed by atoms with E-state index in [1.807, 2.05) is 64.4 Å². The molecule has 1 saturated heterocycles. The molecule has 0 aliphatic carbocycles. The number of hydrogen-bond acceptors (Lipinski definition) is 5. The summed E-state index contributed by atoms with van der Waals surface area (Å²) in [6, 6.07) is 5.76. The maximum absolute atomic E-state index is 14.3. The molecule has 0 radical (unpaired) electrons. The maximum atomic E-state index is 14.3. The zero-order valence-corrected chi connectivity index (χ0v) is 20.4. The lowest BCUT2D eigenvalue weighted by Gasteiger charge is -2.34. The van der Waals surface area contributed by atoms with Crippen LogP contribution in [0.15, 0.2) is 29.8 Å². The Morgan fingerprint density at radius 3 is 2.48 bits per heavy atom. The molecular weight excluding hydrogens is 443 g/mol. The van der Waals surface area contributed by atoms with Gasteiger partial charge < -0.3 is 15.5 Å². The number of carbonyl (C=O) groups is 3. The Balaban J connectivity index is 1.71. The van der Waals surface area contributed by atoms with Crippen molar-refractivity contribution in [1.29, 1.82) is 0 Å². The van der Waals surface area contributed by atoms with Gasteiger partial charge in [-0.25, -0.2) is 9.37 Å². The largest absolute Gasteiger partial charge is 0.348 e. The Labute approximate surface area is 197 Å². The highest BCUT2D eigenvalue weighted by atomic mass is 32.1. The molecule has 0 spiro atoms. The molecule has 2 N–H and O–H groups in total. The van der Waals surface area contributed by atoms with Crippen molar-refractivity contribution in [3.8, 4) is 10.4 Å². The second kappa shape index (κ2) is 9.99. The summed E-state index contributed by atoms with van der Waals surface area (Å²) in [5, 5.41) is 5.45. The minimum atomic E-state index is -1.29. The fraction of sp³-hybridized carbons (Fsp3) is 0.500. The Kier molecular flexibility index (Phi) is 7.51. The van der Waals surface area contributed by atoms with E-state index in [-0.39, 0.29) is 19.0 Å². The van der Waals surface area contributed by atoms with E-state index < -0.39 is 35.5 Å². The van der Waals surface area contributed by atoms with Gasteiger partial charge in [-0.15, -0.1) is 11.3 Å². The Morgan fingerprint density at radius 1 is 1.27 bits per heavy atom. The molecule has 9 heteroatoms. The lowest BCUT2D eigenvalue weighted by Crippen LogP contribution is -2.56. The number of benzene rings is 1. The minimum absolute atomic E-state index is 0.0637. The van der Waals surface area contributed by atoms with E-state index in [9.17, 15) is 18.8 Å². The van der Waals surface area contributed by atoms with Gasteiger partial charge in [0.25, 0.3) is 0 Å². The lowest BCUT2D eigenvalue weighted by atomic mass is 9.85. The van der Waals surface area contributed by atoms with E-state index in [4.69, 9.17) is 0 Å². The average Bonchev–Trinajstić information content (AvgIpc) is 3.36. The van der Waals surface area contributed by atoms with Gasteiger partial charge in [-0.05, 0) is 30.4 Å². The second-order valence-corrected chi connectivity index (χ2v) is 10.4. The first kappa shape index (κ1) is 24.8. The predicted molar refractivity (Wildman–Crippen MR) is 126 cm³/mol. The summed E-state index contributed by atoms with van der Waals surface area (Å²) < 4.78 is 14.3. The third-order valence-electron chi connectivity index (χ3n) is 5.96. The van der Waals surface area contributed by atoms with Crippen LogP contribution in [0.4, 0.5) is 4.39 Å². The van der Waals surface area contributed by atoms with E-state index in [1.165, 1.54) is 4.90 Å². The molecule has 2 heterocycles. The van der Waals surface area contributed by atoms with Crippen LogP contribution in [0.5, 0.6) is 0 Å². The molecule has 0 unspecified atom stereocenters. The number of likely N-dealkylation sites (tertiary alicyclic amines) is 1. The first-order valence-electron chi connectivity index (χ1n) is 11.0. The van der Waals surface area contributed by atoms with Crippen molar-refractivity contribution in [1.82, 2.24) is 20.5 Å². The van der Waals surface area contributed by atoms with Crippen LogP contribution < -0.4 is 10.6 Å². The van der Waals surface area contributed by atoms with Crippen LogP contribution in [0.25, 0.3) is 10.4 Å². The SMILES string of the molecule is Cc1ncsc1-c1ccc([C@H](C)NC(=O)[C@@H]2C[C@@H](F)CN2C(=O)[C@@H](NC=O)C(C)(C)C)cc1. The molecule has 1 aromatic carbocycles. The van der Waals surface area contributed by atoms with Crippen LogP contribution in [0, 0.1) is 12.3 Å². The number of nitrogens with zero attached hydrogens (tertiary/aromatic N) is 2. The molecule has 1 fully saturated rings. The van der Waals surface area contributed by atoms with Gasteiger partial charge in [-0.1, -0.05) is 45.0 Å². The molecule has 1 aromatic heterocycles. The van der Waals surface area contributed by atoms with Gasteiger partial charge in [0.15, 0.2) is 0 Å².